The highest BCUT2D eigenvalue weighted by molar-refractivity contribution is 6.30. The van der Waals surface area contributed by atoms with Gasteiger partial charge in [-0.2, -0.15) is 5.10 Å². The molecular formula is C11H12Cl2N4O. The minimum atomic E-state index is -0.253. The van der Waals surface area contributed by atoms with Crippen LogP contribution in [0, 0.1) is 0 Å². The SMILES string of the molecule is Cl.O=C(NCCc1ccc(Cl)cc1)c1ncn[nH]1. The summed E-state index contributed by atoms with van der Waals surface area (Å²) in [5.41, 5.74) is 1.12. The lowest BCUT2D eigenvalue weighted by Crippen LogP contribution is -2.26. The third-order valence-electron chi connectivity index (χ3n) is 2.24. The molecule has 0 fully saturated rings. The predicted molar refractivity (Wildman–Crippen MR) is 71.1 cm³/mol. The largest absolute Gasteiger partial charge is 0.349 e. The molecule has 7 heteroatoms. The van der Waals surface area contributed by atoms with Crippen molar-refractivity contribution in [3.63, 3.8) is 0 Å². The van der Waals surface area contributed by atoms with Crippen LogP contribution in [0.1, 0.15) is 16.2 Å². The van der Waals surface area contributed by atoms with Gasteiger partial charge in [0, 0.05) is 11.6 Å². The highest BCUT2D eigenvalue weighted by Gasteiger charge is 2.06. The van der Waals surface area contributed by atoms with Gasteiger partial charge in [-0.15, -0.1) is 12.4 Å². The van der Waals surface area contributed by atoms with Gasteiger partial charge in [0.15, 0.2) is 0 Å². The van der Waals surface area contributed by atoms with Gasteiger partial charge in [-0.1, -0.05) is 23.7 Å². The fraction of sp³-hybridized carbons (Fsp3) is 0.182. The van der Waals surface area contributed by atoms with Gasteiger partial charge in [0.2, 0.25) is 5.82 Å². The summed E-state index contributed by atoms with van der Waals surface area (Å²) in [6, 6.07) is 7.52. The summed E-state index contributed by atoms with van der Waals surface area (Å²) in [6.07, 6.45) is 2.05. The average Bonchev–Trinajstić information content (AvgIpc) is 2.85. The van der Waals surface area contributed by atoms with E-state index in [1.54, 1.807) is 0 Å². The Morgan fingerprint density at radius 2 is 2.06 bits per heavy atom. The Bertz CT molecular complexity index is 484. The first-order chi connectivity index (χ1) is 8.25. The molecule has 1 amide bonds. The van der Waals surface area contributed by atoms with E-state index in [1.165, 1.54) is 6.33 Å². The Kier molecular flexibility index (Phi) is 5.61. The summed E-state index contributed by atoms with van der Waals surface area (Å²) >= 11 is 5.77. The summed E-state index contributed by atoms with van der Waals surface area (Å²) in [4.78, 5) is 15.2. The van der Waals surface area contributed by atoms with E-state index in [2.05, 4.69) is 20.5 Å². The highest BCUT2D eigenvalue weighted by atomic mass is 35.5. The van der Waals surface area contributed by atoms with Crippen molar-refractivity contribution in [3.8, 4) is 0 Å². The van der Waals surface area contributed by atoms with Gasteiger partial charge in [-0.05, 0) is 24.1 Å². The Balaban J connectivity index is 0.00000162. The first-order valence-corrected chi connectivity index (χ1v) is 5.51. The molecule has 96 valence electrons. The van der Waals surface area contributed by atoms with E-state index in [-0.39, 0.29) is 24.1 Å². The molecular weight excluding hydrogens is 275 g/mol. The van der Waals surface area contributed by atoms with E-state index < -0.39 is 0 Å². The molecule has 0 spiro atoms. The highest BCUT2D eigenvalue weighted by Crippen LogP contribution is 2.09. The maximum Gasteiger partial charge on any atom is 0.288 e. The molecule has 0 saturated carbocycles. The first-order valence-electron chi connectivity index (χ1n) is 5.14. The normalized spacial score (nSPS) is 9.61. The monoisotopic (exact) mass is 286 g/mol. The fourth-order valence-electron chi connectivity index (χ4n) is 1.37. The lowest BCUT2D eigenvalue weighted by atomic mass is 10.1. The molecule has 5 nitrogen and oxygen atoms in total. The summed E-state index contributed by atoms with van der Waals surface area (Å²) in [7, 11) is 0. The van der Waals surface area contributed by atoms with Crippen LogP contribution in [0.5, 0.6) is 0 Å². The average molecular weight is 287 g/mol. The number of amides is 1. The number of nitrogens with one attached hydrogen (secondary N) is 2. The van der Waals surface area contributed by atoms with Crippen LogP contribution in [0.25, 0.3) is 0 Å². The summed E-state index contributed by atoms with van der Waals surface area (Å²) in [5, 5.41) is 9.56. The number of hydrogen-bond acceptors (Lipinski definition) is 3. The zero-order valence-corrected chi connectivity index (χ0v) is 11.0. The van der Waals surface area contributed by atoms with Gasteiger partial charge in [0.05, 0.1) is 0 Å². The number of carbonyl (C=O) groups is 1. The maximum absolute atomic E-state index is 11.5. The lowest BCUT2D eigenvalue weighted by Gasteiger charge is -2.03. The number of hydrogen-bond donors (Lipinski definition) is 2. The Morgan fingerprint density at radius 1 is 1.33 bits per heavy atom. The molecule has 0 atom stereocenters. The van der Waals surface area contributed by atoms with Crippen molar-refractivity contribution in [2.75, 3.05) is 6.54 Å². The van der Waals surface area contributed by atoms with E-state index in [4.69, 9.17) is 11.6 Å². The smallest absolute Gasteiger partial charge is 0.288 e. The molecule has 0 bridgehead atoms. The Labute approximate surface area is 115 Å². The molecule has 0 radical (unpaired) electrons. The number of H-pyrrole nitrogens is 1. The zero-order valence-electron chi connectivity index (χ0n) is 9.39. The Hall–Kier alpha value is -1.59. The topological polar surface area (TPSA) is 70.7 Å². The number of aromatic amines is 1. The first kappa shape index (κ1) is 14.5. The Morgan fingerprint density at radius 3 is 2.67 bits per heavy atom. The molecule has 1 aromatic heterocycles. The number of aromatic nitrogens is 3. The van der Waals surface area contributed by atoms with Crippen LogP contribution in [0.2, 0.25) is 5.02 Å². The third-order valence-corrected chi connectivity index (χ3v) is 2.49. The summed E-state index contributed by atoms with van der Waals surface area (Å²) < 4.78 is 0. The van der Waals surface area contributed by atoms with Crippen molar-refractivity contribution < 1.29 is 4.79 Å². The van der Waals surface area contributed by atoms with E-state index >= 15 is 0 Å². The van der Waals surface area contributed by atoms with Gasteiger partial charge in [0.1, 0.15) is 6.33 Å². The van der Waals surface area contributed by atoms with Crippen molar-refractivity contribution in [2.45, 2.75) is 6.42 Å². The predicted octanol–water partition coefficient (Wildman–Crippen LogP) is 1.85. The third kappa shape index (κ3) is 4.01. The van der Waals surface area contributed by atoms with Gasteiger partial charge in [0.25, 0.3) is 5.91 Å². The molecule has 2 N–H and O–H groups in total. The van der Waals surface area contributed by atoms with Gasteiger partial charge < -0.3 is 5.32 Å². The molecule has 0 aliphatic carbocycles. The second-order valence-corrected chi connectivity index (χ2v) is 3.90. The van der Waals surface area contributed by atoms with Crippen LogP contribution in [0.4, 0.5) is 0 Å². The molecule has 2 aromatic rings. The van der Waals surface area contributed by atoms with Crippen molar-refractivity contribution >= 4 is 29.9 Å². The molecule has 0 aliphatic heterocycles. The van der Waals surface area contributed by atoms with E-state index in [0.717, 1.165) is 12.0 Å². The van der Waals surface area contributed by atoms with Crippen molar-refractivity contribution in [2.24, 2.45) is 0 Å². The van der Waals surface area contributed by atoms with E-state index in [9.17, 15) is 4.79 Å². The van der Waals surface area contributed by atoms with E-state index in [1.807, 2.05) is 24.3 Å². The van der Waals surface area contributed by atoms with Gasteiger partial charge in [-0.25, -0.2) is 4.98 Å². The van der Waals surface area contributed by atoms with Crippen LogP contribution in [0.15, 0.2) is 30.6 Å². The quantitative estimate of drug-likeness (QED) is 0.901. The van der Waals surface area contributed by atoms with Crippen LogP contribution in [-0.4, -0.2) is 27.6 Å². The lowest BCUT2D eigenvalue weighted by molar-refractivity contribution is 0.0944. The number of carbonyl (C=O) groups excluding carboxylic acids is 1. The van der Waals surface area contributed by atoms with Crippen LogP contribution in [0.3, 0.4) is 0 Å². The second kappa shape index (κ2) is 6.98. The van der Waals surface area contributed by atoms with Crippen molar-refractivity contribution in [3.05, 3.63) is 47.0 Å². The maximum atomic E-state index is 11.5. The van der Waals surface area contributed by atoms with Gasteiger partial charge in [-0.3, -0.25) is 9.89 Å². The summed E-state index contributed by atoms with van der Waals surface area (Å²) in [5.74, 6) is -0.0300. The second-order valence-electron chi connectivity index (χ2n) is 3.47. The van der Waals surface area contributed by atoms with Gasteiger partial charge >= 0.3 is 0 Å². The minimum absolute atomic E-state index is 0. The fourth-order valence-corrected chi connectivity index (χ4v) is 1.50. The number of nitrogens with zero attached hydrogens (tertiary/aromatic N) is 2. The van der Waals surface area contributed by atoms with Crippen LogP contribution in [-0.2, 0) is 6.42 Å². The van der Waals surface area contributed by atoms with E-state index in [0.29, 0.717) is 11.6 Å². The van der Waals surface area contributed by atoms with Crippen molar-refractivity contribution in [1.82, 2.24) is 20.5 Å². The molecule has 0 aliphatic rings. The number of halogens is 2. The van der Waals surface area contributed by atoms with Crippen molar-refractivity contribution in [1.29, 1.82) is 0 Å². The molecule has 18 heavy (non-hydrogen) atoms. The molecule has 0 saturated heterocycles. The standard InChI is InChI=1S/C11H11ClN4O.ClH/c12-9-3-1-8(2-4-9)5-6-13-11(17)10-14-7-15-16-10;/h1-4,7H,5-6H2,(H,13,17)(H,14,15,16);1H. The summed E-state index contributed by atoms with van der Waals surface area (Å²) in [6.45, 7) is 0.543. The minimum Gasteiger partial charge on any atom is -0.349 e. The number of benzene rings is 1. The molecule has 1 heterocycles. The van der Waals surface area contributed by atoms with Crippen LogP contribution < -0.4 is 5.32 Å². The molecule has 0 unspecified atom stereocenters. The number of rotatable bonds is 4. The van der Waals surface area contributed by atoms with Crippen LogP contribution >= 0.6 is 24.0 Å². The molecule has 2 rings (SSSR count). The zero-order chi connectivity index (χ0) is 12.1. The molecule has 1 aromatic carbocycles.